The summed E-state index contributed by atoms with van der Waals surface area (Å²) in [5.74, 6) is 0.166. The summed E-state index contributed by atoms with van der Waals surface area (Å²) in [6.07, 6.45) is 1.77. The molecule has 0 aliphatic rings. The molecule has 0 aliphatic carbocycles. The number of halogens is 1. The normalized spacial score (nSPS) is 11.0. The lowest BCUT2D eigenvalue weighted by Gasteiger charge is -2.00. The average Bonchev–Trinajstić information content (AvgIpc) is 3.27. The summed E-state index contributed by atoms with van der Waals surface area (Å²) in [4.78, 5) is 25.1. The second-order valence-corrected chi connectivity index (χ2v) is 8.34. The number of para-hydroxylation sites is 2. The molecule has 1 amide bonds. The highest BCUT2D eigenvalue weighted by molar-refractivity contribution is 9.10. The first-order chi connectivity index (χ1) is 12.7. The highest BCUT2D eigenvalue weighted by Crippen LogP contribution is 2.30. The Labute approximate surface area is 166 Å². The number of fused-ring (bicyclic) bond motifs is 1. The Morgan fingerprint density at radius 3 is 2.81 bits per heavy atom. The van der Waals surface area contributed by atoms with E-state index in [1.165, 1.54) is 23.1 Å². The molecule has 0 spiro atoms. The Balaban J connectivity index is 1.36. The molecule has 8 heteroatoms. The number of carbonyl (C=O) groups is 1. The number of amides is 1. The standard InChI is InChI=1S/C18H13BrN4OS2/c19-12-7-5-11(6-8-12)15-9-20-17(26-15)23-16(24)10-25-18-21-13-3-1-2-4-14(13)22-18/h1-9H,10H2,(H,21,22)(H,20,23,24). The maximum absolute atomic E-state index is 12.2. The molecule has 0 fully saturated rings. The molecule has 0 unspecified atom stereocenters. The van der Waals surface area contributed by atoms with E-state index in [2.05, 4.69) is 36.2 Å². The van der Waals surface area contributed by atoms with Crippen LogP contribution in [0.15, 0.2) is 64.4 Å². The molecule has 130 valence electrons. The maximum Gasteiger partial charge on any atom is 0.236 e. The highest BCUT2D eigenvalue weighted by Gasteiger charge is 2.10. The first-order valence-corrected chi connectivity index (χ1v) is 10.4. The zero-order chi connectivity index (χ0) is 17.9. The van der Waals surface area contributed by atoms with Crippen LogP contribution in [0.5, 0.6) is 0 Å². The van der Waals surface area contributed by atoms with Crippen molar-refractivity contribution in [3.05, 3.63) is 59.2 Å². The van der Waals surface area contributed by atoms with E-state index in [9.17, 15) is 4.79 Å². The first-order valence-electron chi connectivity index (χ1n) is 7.76. The minimum Gasteiger partial charge on any atom is -0.333 e. The van der Waals surface area contributed by atoms with Crippen LogP contribution in [0, 0.1) is 0 Å². The zero-order valence-corrected chi connectivity index (χ0v) is 16.6. The summed E-state index contributed by atoms with van der Waals surface area (Å²) in [5, 5.41) is 4.17. The number of rotatable bonds is 5. The number of H-pyrrole nitrogens is 1. The van der Waals surface area contributed by atoms with Gasteiger partial charge in [0, 0.05) is 10.7 Å². The lowest BCUT2D eigenvalue weighted by atomic mass is 10.2. The predicted octanol–water partition coefficient (Wildman–Crippen LogP) is 5.18. The quantitative estimate of drug-likeness (QED) is 0.416. The fourth-order valence-corrected chi connectivity index (χ4v) is 4.15. The van der Waals surface area contributed by atoms with Gasteiger partial charge in [-0.1, -0.05) is 63.3 Å². The molecule has 26 heavy (non-hydrogen) atoms. The van der Waals surface area contributed by atoms with Crippen LogP contribution in [0.4, 0.5) is 5.13 Å². The monoisotopic (exact) mass is 444 g/mol. The van der Waals surface area contributed by atoms with Crippen molar-refractivity contribution < 1.29 is 4.79 Å². The van der Waals surface area contributed by atoms with Gasteiger partial charge in [0.25, 0.3) is 0 Å². The third-order valence-electron chi connectivity index (χ3n) is 3.59. The number of thioether (sulfide) groups is 1. The Morgan fingerprint density at radius 1 is 1.19 bits per heavy atom. The smallest absolute Gasteiger partial charge is 0.236 e. The van der Waals surface area contributed by atoms with Gasteiger partial charge in [-0.25, -0.2) is 9.97 Å². The van der Waals surface area contributed by atoms with Crippen molar-refractivity contribution in [3.8, 4) is 10.4 Å². The molecule has 5 nitrogen and oxygen atoms in total. The number of aromatic nitrogens is 3. The number of thiazole rings is 1. The van der Waals surface area contributed by atoms with E-state index in [1.54, 1.807) is 6.20 Å². The summed E-state index contributed by atoms with van der Waals surface area (Å²) in [6.45, 7) is 0. The molecule has 2 N–H and O–H groups in total. The van der Waals surface area contributed by atoms with Crippen molar-refractivity contribution >= 4 is 61.1 Å². The number of hydrogen-bond acceptors (Lipinski definition) is 5. The van der Waals surface area contributed by atoms with E-state index in [4.69, 9.17) is 0 Å². The summed E-state index contributed by atoms with van der Waals surface area (Å²) < 4.78 is 1.03. The third-order valence-corrected chi connectivity index (χ3v) is 5.95. The fourth-order valence-electron chi connectivity index (χ4n) is 2.37. The molecular weight excluding hydrogens is 432 g/mol. The SMILES string of the molecule is O=C(CSc1nc2ccccc2[nH]1)Nc1ncc(-c2ccc(Br)cc2)s1. The summed E-state index contributed by atoms with van der Waals surface area (Å²) in [7, 11) is 0. The van der Waals surface area contributed by atoms with Gasteiger partial charge in [0.15, 0.2) is 10.3 Å². The minimum absolute atomic E-state index is 0.104. The number of aromatic amines is 1. The zero-order valence-electron chi connectivity index (χ0n) is 13.4. The molecular formula is C18H13BrN4OS2. The molecule has 2 aromatic carbocycles. The minimum atomic E-state index is -0.104. The van der Waals surface area contributed by atoms with Gasteiger partial charge in [0.2, 0.25) is 5.91 Å². The Bertz CT molecular complexity index is 1030. The molecule has 2 aromatic heterocycles. The number of hydrogen-bond donors (Lipinski definition) is 2. The van der Waals surface area contributed by atoms with Gasteiger partial charge in [0.05, 0.1) is 21.7 Å². The average molecular weight is 445 g/mol. The van der Waals surface area contributed by atoms with Crippen molar-refractivity contribution in [2.24, 2.45) is 0 Å². The number of nitrogens with zero attached hydrogens (tertiary/aromatic N) is 2. The van der Waals surface area contributed by atoms with Crippen molar-refractivity contribution in [2.75, 3.05) is 11.1 Å². The first kappa shape index (κ1) is 17.3. The van der Waals surface area contributed by atoms with Crippen LogP contribution >= 0.6 is 39.0 Å². The number of imidazole rings is 1. The lowest BCUT2D eigenvalue weighted by molar-refractivity contribution is -0.113. The van der Waals surface area contributed by atoms with Crippen LogP contribution in [0.2, 0.25) is 0 Å². The number of nitrogens with one attached hydrogen (secondary N) is 2. The van der Waals surface area contributed by atoms with E-state index < -0.39 is 0 Å². The summed E-state index contributed by atoms with van der Waals surface area (Å²) >= 11 is 6.25. The molecule has 0 atom stereocenters. The van der Waals surface area contributed by atoms with E-state index >= 15 is 0 Å². The summed E-state index contributed by atoms with van der Waals surface area (Å²) in [5.41, 5.74) is 2.94. The molecule has 0 bridgehead atoms. The van der Waals surface area contributed by atoms with Gasteiger partial charge in [-0.15, -0.1) is 0 Å². The van der Waals surface area contributed by atoms with Crippen LogP contribution < -0.4 is 5.32 Å². The van der Waals surface area contributed by atoms with Gasteiger partial charge in [-0.3, -0.25) is 4.79 Å². The molecule has 4 rings (SSSR count). The molecule has 0 saturated carbocycles. The molecule has 0 aliphatic heterocycles. The molecule has 2 heterocycles. The van der Waals surface area contributed by atoms with Gasteiger partial charge < -0.3 is 10.3 Å². The number of carbonyl (C=O) groups excluding carboxylic acids is 1. The lowest BCUT2D eigenvalue weighted by Crippen LogP contribution is -2.13. The van der Waals surface area contributed by atoms with Crippen molar-refractivity contribution in [3.63, 3.8) is 0 Å². The van der Waals surface area contributed by atoms with Gasteiger partial charge in [0.1, 0.15) is 0 Å². The Morgan fingerprint density at radius 2 is 2.00 bits per heavy atom. The number of benzene rings is 2. The Kier molecular flexibility index (Phi) is 5.05. The van der Waals surface area contributed by atoms with Crippen LogP contribution in [0.25, 0.3) is 21.5 Å². The second-order valence-electron chi connectivity index (χ2n) is 5.43. The van der Waals surface area contributed by atoms with Crippen LogP contribution in [-0.4, -0.2) is 26.6 Å². The van der Waals surface area contributed by atoms with Gasteiger partial charge in [-0.05, 0) is 29.8 Å². The summed E-state index contributed by atoms with van der Waals surface area (Å²) in [6, 6.07) is 15.8. The van der Waals surface area contributed by atoms with E-state index in [1.807, 2.05) is 48.5 Å². The third kappa shape index (κ3) is 3.98. The van der Waals surface area contributed by atoms with Crippen molar-refractivity contribution in [2.45, 2.75) is 5.16 Å². The van der Waals surface area contributed by atoms with Crippen LogP contribution in [0.1, 0.15) is 0 Å². The van der Waals surface area contributed by atoms with Crippen molar-refractivity contribution in [1.29, 1.82) is 0 Å². The van der Waals surface area contributed by atoms with Gasteiger partial charge >= 0.3 is 0 Å². The molecule has 4 aromatic rings. The fraction of sp³-hybridized carbons (Fsp3) is 0.0556. The molecule has 0 saturated heterocycles. The van der Waals surface area contributed by atoms with E-state index in [-0.39, 0.29) is 11.7 Å². The van der Waals surface area contributed by atoms with E-state index in [0.717, 1.165) is 31.1 Å². The Hall–Kier alpha value is -2.16. The van der Waals surface area contributed by atoms with Crippen molar-refractivity contribution in [1.82, 2.24) is 15.0 Å². The van der Waals surface area contributed by atoms with Crippen LogP contribution in [-0.2, 0) is 4.79 Å². The van der Waals surface area contributed by atoms with Gasteiger partial charge in [-0.2, -0.15) is 0 Å². The molecule has 0 radical (unpaired) electrons. The highest BCUT2D eigenvalue weighted by atomic mass is 79.9. The van der Waals surface area contributed by atoms with E-state index in [0.29, 0.717) is 5.13 Å². The maximum atomic E-state index is 12.2. The van der Waals surface area contributed by atoms with Crippen LogP contribution in [0.3, 0.4) is 0 Å². The number of anilines is 1. The second kappa shape index (κ2) is 7.61. The topological polar surface area (TPSA) is 70.7 Å². The largest absolute Gasteiger partial charge is 0.333 e. The predicted molar refractivity (Wildman–Crippen MR) is 111 cm³/mol.